The molecular formula is C11H16N4O3. The molecule has 1 saturated heterocycles. The van der Waals surface area contributed by atoms with E-state index in [2.05, 4.69) is 10.4 Å². The van der Waals surface area contributed by atoms with Crippen LogP contribution in [-0.4, -0.2) is 45.1 Å². The van der Waals surface area contributed by atoms with Gasteiger partial charge in [-0.25, -0.2) is 0 Å². The smallest absolute Gasteiger partial charge is 0.270 e. The summed E-state index contributed by atoms with van der Waals surface area (Å²) in [5.41, 5.74) is -0.454. The van der Waals surface area contributed by atoms with Crippen LogP contribution >= 0.6 is 0 Å². The number of hydrogen-bond acceptors (Lipinski definition) is 3. The minimum Gasteiger partial charge on any atom is -0.342 e. The highest BCUT2D eigenvalue weighted by atomic mass is 16.2. The lowest BCUT2D eigenvalue weighted by molar-refractivity contribution is -0.136. The third-order valence-corrected chi connectivity index (χ3v) is 3.08. The molecule has 18 heavy (non-hydrogen) atoms. The maximum atomic E-state index is 12.0. The first-order chi connectivity index (χ1) is 8.31. The van der Waals surface area contributed by atoms with Gasteiger partial charge in [0.2, 0.25) is 5.91 Å². The van der Waals surface area contributed by atoms with Crippen LogP contribution in [0.15, 0.2) is 10.9 Å². The highest BCUT2D eigenvalue weighted by Crippen LogP contribution is 2.20. The number of aromatic amines is 1. The SMILES string of the molecule is CC(=O)N1CC(C)(NC(=O)c2cc(=O)[nH]n2C)C1. The van der Waals surface area contributed by atoms with Crippen LogP contribution in [0.2, 0.25) is 0 Å². The summed E-state index contributed by atoms with van der Waals surface area (Å²) in [5, 5.41) is 5.31. The van der Waals surface area contributed by atoms with E-state index in [0.29, 0.717) is 13.1 Å². The Morgan fingerprint density at radius 1 is 1.44 bits per heavy atom. The molecule has 2 rings (SSSR count). The van der Waals surface area contributed by atoms with Gasteiger partial charge in [0.25, 0.3) is 11.5 Å². The zero-order chi connectivity index (χ0) is 13.5. The lowest BCUT2D eigenvalue weighted by Gasteiger charge is -2.47. The monoisotopic (exact) mass is 252 g/mol. The van der Waals surface area contributed by atoms with Crippen LogP contribution in [0.25, 0.3) is 0 Å². The molecule has 0 saturated carbocycles. The molecule has 2 N–H and O–H groups in total. The third kappa shape index (κ3) is 2.15. The molecule has 98 valence electrons. The minimum absolute atomic E-state index is 0.00392. The van der Waals surface area contributed by atoms with Crippen molar-refractivity contribution in [3.8, 4) is 0 Å². The summed E-state index contributed by atoms with van der Waals surface area (Å²) in [5.74, 6) is -0.322. The molecule has 1 fully saturated rings. The summed E-state index contributed by atoms with van der Waals surface area (Å²) >= 11 is 0. The predicted molar refractivity (Wildman–Crippen MR) is 64.2 cm³/mol. The zero-order valence-corrected chi connectivity index (χ0v) is 10.6. The lowest BCUT2D eigenvalue weighted by Crippen LogP contribution is -2.69. The van der Waals surface area contributed by atoms with Crippen molar-refractivity contribution in [2.75, 3.05) is 13.1 Å². The molecule has 0 spiro atoms. The fourth-order valence-electron chi connectivity index (χ4n) is 2.13. The van der Waals surface area contributed by atoms with Gasteiger partial charge in [-0.1, -0.05) is 0 Å². The zero-order valence-electron chi connectivity index (χ0n) is 10.6. The number of hydrogen-bond donors (Lipinski definition) is 2. The highest BCUT2D eigenvalue weighted by molar-refractivity contribution is 5.93. The largest absolute Gasteiger partial charge is 0.342 e. The van der Waals surface area contributed by atoms with Gasteiger partial charge >= 0.3 is 0 Å². The van der Waals surface area contributed by atoms with E-state index >= 15 is 0 Å². The Morgan fingerprint density at radius 2 is 2.06 bits per heavy atom. The van der Waals surface area contributed by atoms with Crippen molar-refractivity contribution in [1.29, 1.82) is 0 Å². The molecule has 2 amide bonds. The van der Waals surface area contributed by atoms with E-state index < -0.39 is 5.54 Å². The maximum Gasteiger partial charge on any atom is 0.270 e. The highest BCUT2D eigenvalue weighted by Gasteiger charge is 2.41. The molecule has 1 aliphatic rings. The van der Waals surface area contributed by atoms with Gasteiger partial charge < -0.3 is 10.2 Å². The number of nitrogens with zero attached hydrogens (tertiary/aromatic N) is 2. The van der Waals surface area contributed by atoms with Crippen molar-refractivity contribution in [3.05, 3.63) is 22.1 Å². The standard InChI is InChI=1S/C11H16N4O3/c1-7(16)15-5-11(2,6-15)12-10(18)8-4-9(17)13-14(8)3/h4H,5-6H2,1-3H3,(H,12,18)(H,13,17). The molecule has 1 aliphatic heterocycles. The van der Waals surface area contributed by atoms with E-state index in [9.17, 15) is 14.4 Å². The Kier molecular flexibility index (Phi) is 2.76. The van der Waals surface area contributed by atoms with Crippen molar-refractivity contribution < 1.29 is 9.59 Å². The van der Waals surface area contributed by atoms with E-state index in [1.165, 1.54) is 17.7 Å². The fraction of sp³-hybridized carbons (Fsp3) is 0.545. The molecule has 2 heterocycles. The van der Waals surface area contributed by atoms with E-state index in [-0.39, 0.29) is 23.1 Å². The normalized spacial score (nSPS) is 17.2. The van der Waals surface area contributed by atoms with Crippen molar-refractivity contribution in [2.24, 2.45) is 7.05 Å². The number of nitrogens with one attached hydrogen (secondary N) is 2. The van der Waals surface area contributed by atoms with Gasteiger partial charge in [-0.15, -0.1) is 0 Å². The number of likely N-dealkylation sites (tertiary alicyclic amines) is 1. The van der Waals surface area contributed by atoms with E-state index in [0.717, 1.165) is 0 Å². The molecule has 0 bridgehead atoms. The van der Waals surface area contributed by atoms with Crippen molar-refractivity contribution in [3.63, 3.8) is 0 Å². The fourth-order valence-corrected chi connectivity index (χ4v) is 2.13. The van der Waals surface area contributed by atoms with Gasteiger partial charge in [0.15, 0.2) is 0 Å². The van der Waals surface area contributed by atoms with Crippen LogP contribution in [0.4, 0.5) is 0 Å². The van der Waals surface area contributed by atoms with E-state index in [4.69, 9.17) is 0 Å². The summed E-state index contributed by atoms with van der Waals surface area (Å²) < 4.78 is 1.38. The number of carbonyl (C=O) groups excluding carboxylic acids is 2. The minimum atomic E-state index is -0.421. The number of H-pyrrole nitrogens is 1. The molecule has 7 nitrogen and oxygen atoms in total. The number of carbonyl (C=O) groups is 2. The second-order valence-electron chi connectivity index (χ2n) is 4.95. The summed E-state index contributed by atoms with van der Waals surface area (Å²) in [6.07, 6.45) is 0. The van der Waals surface area contributed by atoms with Gasteiger partial charge in [-0.2, -0.15) is 0 Å². The average Bonchev–Trinajstić information content (AvgIpc) is 2.53. The Bertz CT molecular complexity index is 551. The number of aromatic nitrogens is 2. The van der Waals surface area contributed by atoms with E-state index in [1.54, 1.807) is 11.9 Å². The van der Waals surface area contributed by atoms with E-state index in [1.807, 2.05) is 6.92 Å². The first-order valence-electron chi connectivity index (χ1n) is 5.65. The van der Waals surface area contributed by atoms with Crippen LogP contribution in [0.1, 0.15) is 24.3 Å². The molecule has 0 aliphatic carbocycles. The Morgan fingerprint density at radius 3 is 2.50 bits per heavy atom. The van der Waals surface area contributed by atoms with Crippen LogP contribution in [-0.2, 0) is 11.8 Å². The third-order valence-electron chi connectivity index (χ3n) is 3.08. The second-order valence-corrected chi connectivity index (χ2v) is 4.95. The number of rotatable bonds is 2. The quantitative estimate of drug-likeness (QED) is 0.712. The molecule has 1 aromatic heterocycles. The summed E-state index contributed by atoms with van der Waals surface area (Å²) in [7, 11) is 1.60. The molecule has 0 unspecified atom stereocenters. The van der Waals surface area contributed by atoms with Gasteiger partial charge in [-0.3, -0.25) is 24.2 Å². The summed E-state index contributed by atoms with van der Waals surface area (Å²) in [4.78, 5) is 35.8. The molecule has 0 radical (unpaired) electrons. The van der Waals surface area contributed by atoms with Crippen LogP contribution in [0, 0.1) is 0 Å². The van der Waals surface area contributed by atoms with Crippen LogP contribution in [0.3, 0.4) is 0 Å². The first kappa shape index (κ1) is 12.4. The first-order valence-corrected chi connectivity index (χ1v) is 5.65. The van der Waals surface area contributed by atoms with Crippen molar-refractivity contribution in [2.45, 2.75) is 19.4 Å². The van der Waals surface area contributed by atoms with Gasteiger partial charge in [0, 0.05) is 33.1 Å². The Balaban J connectivity index is 2.03. The lowest BCUT2D eigenvalue weighted by atomic mass is 9.92. The van der Waals surface area contributed by atoms with Gasteiger partial charge in [0.05, 0.1) is 5.54 Å². The topological polar surface area (TPSA) is 87.2 Å². The summed E-state index contributed by atoms with van der Waals surface area (Å²) in [6, 6.07) is 1.25. The molecule has 0 atom stereocenters. The van der Waals surface area contributed by atoms with Gasteiger partial charge in [0.1, 0.15) is 5.69 Å². The molecule has 1 aromatic rings. The Labute approximate surface area is 104 Å². The summed E-state index contributed by atoms with van der Waals surface area (Å²) in [6.45, 7) is 4.35. The molecule has 7 heteroatoms. The van der Waals surface area contributed by atoms with Crippen molar-refractivity contribution >= 4 is 11.8 Å². The number of amides is 2. The molecular weight excluding hydrogens is 236 g/mol. The number of aryl methyl sites for hydroxylation is 1. The second kappa shape index (κ2) is 4.01. The maximum absolute atomic E-state index is 12.0. The predicted octanol–water partition coefficient (Wildman–Crippen LogP) is -0.936. The van der Waals surface area contributed by atoms with Crippen molar-refractivity contribution in [1.82, 2.24) is 20.0 Å². The molecule has 0 aromatic carbocycles. The van der Waals surface area contributed by atoms with Crippen LogP contribution < -0.4 is 10.9 Å². The van der Waals surface area contributed by atoms with Crippen LogP contribution in [0.5, 0.6) is 0 Å². The van der Waals surface area contributed by atoms with Gasteiger partial charge in [-0.05, 0) is 6.92 Å². The average molecular weight is 252 g/mol. The Hall–Kier alpha value is -2.05.